The van der Waals surface area contributed by atoms with Crippen LogP contribution in [0.5, 0.6) is 0 Å². The molecule has 32 heavy (non-hydrogen) atoms. The molecule has 8 nitrogen and oxygen atoms in total. The van der Waals surface area contributed by atoms with E-state index in [1.165, 1.54) is 0 Å². The summed E-state index contributed by atoms with van der Waals surface area (Å²) in [4.78, 5) is 50.0. The van der Waals surface area contributed by atoms with E-state index in [0.29, 0.717) is 0 Å². The first-order valence-corrected chi connectivity index (χ1v) is 9.79. The van der Waals surface area contributed by atoms with Gasteiger partial charge in [-0.1, -0.05) is 0 Å². The normalized spacial score (nSPS) is 20.5. The lowest BCUT2D eigenvalue weighted by atomic mass is 10.1. The monoisotopic (exact) mass is 448 g/mol. The number of carbonyl (C=O) groups excluding carboxylic acids is 4. The van der Waals surface area contributed by atoms with E-state index >= 15 is 0 Å². The van der Waals surface area contributed by atoms with Crippen LogP contribution in [-0.2, 0) is 18.9 Å². The minimum atomic E-state index is -1.15. The Hall–Kier alpha value is -3.68. The van der Waals surface area contributed by atoms with Gasteiger partial charge in [0.25, 0.3) is 0 Å². The summed E-state index contributed by atoms with van der Waals surface area (Å²) in [5.74, 6) is -4.60. The number of benzene rings is 2. The fourth-order valence-corrected chi connectivity index (χ4v) is 2.39. The van der Waals surface area contributed by atoms with Gasteiger partial charge in [0.05, 0.1) is 59.6 Å². The molecule has 0 aliphatic carbocycles. The van der Waals surface area contributed by atoms with Crippen molar-refractivity contribution in [1.82, 2.24) is 0 Å². The van der Waals surface area contributed by atoms with E-state index in [1.54, 1.807) is 0 Å². The average molecular weight is 448 g/mol. The molecule has 4 aliphatic rings. The first kappa shape index (κ1) is 14.4. The number of ether oxygens (including phenoxy) is 4. The number of carbonyl (C=O) groups is 4. The van der Waals surface area contributed by atoms with Crippen LogP contribution in [0.25, 0.3) is 0 Å². The maximum absolute atomic E-state index is 12.5. The topological polar surface area (TPSA) is 105 Å². The number of hydrogen-bond acceptors (Lipinski definition) is 8. The lowest BCUT2D eigenvalue weighted by Gasteiger charge is -2.09. The minimum absolute atomic E-state index is 0.130. The number of esters is 4. The van der Waals surface area contributed by atoms with Gasteiger partial charge in [-0.25, -0.2) is 19.2 Å². The van der Waals surface area contributed by atoms with E-state index in [1.807, 2.05) is 0 Å². The number of hydrogen-bond donors (Lipinski definition) is 0. The summed E-state index contributed by atoms with van der Waals surface area (Å²) < 4.78 is 84.7. The van der Waals surface area contributed by atoms with E-state index in [4.69, 9.17) is 29.9 Å². The fraction of sp³-hybridized carbons (Fsp3) is 0.333. The van der Waals surface area contributed by atoms with E-state index in [2.05, 4.69) is 0 Å². The van der Waals surface area contributed by atoms with Crippen LogP contribution in [0, 0.1) is 0 Å². The lowest BCUT2D eigenvalue weighted by Crippen LogP contribution is -2.12. The van der Waals surface area contributed by atoms with Crippen molar-refractivity contribution in [2.24, 2.45) is 0 Å². The van der Waals surface area contributed by atoms with Crippen LogP contribution in [0.3, 0.4) is 0 Å². The second-order valence-electron chi connectivity index (χ2n) is 6.46. The lowest BCUT2D eigenvalue weighted by molar-refractivity contribution is 0.0427. The summed E-state index contributed by atoms with van der Waals surface area (Å²) in [7, 11) is 0. The zero-order valence-corrected chi connectivity index (χ0v) is 16.9. The molecule has 4 bridgehead atoms. The summed E-state index contributed by atoms with van der Waals surface area (Å²) in [5, 5.41) is 0. The Balaban J connectivity index is 1.87. The van der Waals surface area contributed by atoms with Gasteiger partial charge in [-0.05, 0) is 74.0 Å². The summed E-state index contributed by atoms with van der Waals surface area (Å²) in [6, 6.07) is -6.23. The van der Waals surface area contributed by atoms with Crippen molar-refractivity contribution in [1.29, 1.82) is 0 Å². The van der Waals surface area contributed by atoms with Crippen molar-refractivity contribution in [3.8, 4) is 0 Å². The molecule has 0 amide bonds. The zero-order chi connectivity index (χ0) is 29.7. The Morgan fingerprint density at radius 3 is 0.812 bits per heavy atom. The van der Waals surface area contributed by atoms with E-state index in [9.17, 15) is 19.2 Å². The van der Waals surface area contributed by atoms with Crippen molar-refractivity contribution in [2.75, 3.05) is 26.4 Å². The second-order valence-corrected chi connectivity index (χ2v) is 6.46. The molecule has 0 fully saturated rings. The minimum Gasteiger partial charge on any atom is -0.462 e. The molecule has 0 atom stereocenters. The Morgan fingerprint density at radius 2 is 0.625 bits per heavy atom. The third-order valence-electron chi connectivity index (χ3n) is 4.08. The molecule has 4 heterocycles. The van der Waals surface area contributed by atoms with Gasteiger partial charge in [-0.15, -0.1) is 0 Å². The smallest absolute Gasteiger partial charge is 0.338 e. The van der Waals surface area contributed by atoms with Crippen molar-refractivity contribution < 1.29 is 49.1 Å². The van der Waals surface area contributed by atoms with E-state index < -0.39 is 94.5 Å². The highest BCUT2D eigenvalue weighted by Crippen LogP contribution is 2.11. The molecule has 0 saturated heterocycles. The molecule has 0 aromatic heterocycles. The third-order valence-corrected chi connectivity index (χ3v) is 4.08. The van der Waals surface area contributed by atoms with Gasteiger partial charge in [-0.2, -0.15) is 0 Å². The SMILES string of the molecule is [2H]c1c([2H])c2c([2H])c([2H])c1C(=O)OCCCCOC(=O)c1c([2H])c([2H])c(c([2H])c1[2H])C(=O)OCCCCOC2=O. The summed E-state index contributed by atoms with van der Waals surface area (Å²) >= 11 is 0. The first-order valence-electron chi connectivity index (χ1n) is 13.8. The predicted octanol–water partition coefficient (Wildman–Crippen LogP) is 3.59. The van der Waals surface area contributed by atoms with Crippen LogP contribution in [0.2, 0.25) is 0 Å². The van der Waals surface area contributed by atoms with Gasteiger partial charge in [0.1, 0.15) is 0 Å². The highest BCUT2D eigenvalue weighted by Gasteiger charge is 2.13. The molecule has 0 radical (unpaired) electrons. The summed E-state index contributed by atoms with van der Waals surface area (Å²) in [6.07, 6.45) is 0.521. The van der Waals surface area contributed by atoms with Gasteiger partial charge in [0.2, 0.25) is 0 Å². The molecule has 0 unspecified atom stereocenters. The van der Waals surface area contributed by atoms with E-state index in [-0.39, 0.29) is 52.1 Å². The van der Waals surface area contributed by atoms with Crippen LogP contribution in [0.4, 0.5) is 0 Å². The van der Waals surface area contributed by atoms with Gasteiger partial charge in [0.15, 0.2) is 0 Å². The molecular weight excluding hydrogens is 416 g/mol. The standard InChI is InChI=1S/C24H24O8/c25-21-17-5-7-19(8-6-17)23(27)31-15-3-4-16-32-24(28)20-11-9-18(10-12-20)22(26)30-14-2-1-13-29-21/h5-12H,1-4,13-16H2/i5D,6D,7D,8D,9D,10D,11D,12D. The first-order chi connectivity index (χ1) is 18.9. The van der Waals surface area contributed by atoms with Crippen LogP contribution in [0.1, 0.15) is 78.1 Å². The van der Waals surface area contributed by atoms with Gasteiger partial charge >= 0.3 is 23.9 Å². The quantitative estimate of drug-likeness (QED) is 0.445. The Bertz CT molecular complexity index is 1110. The van der Waals surface area contributed by atoms with Crippen molar-refractivity contribution in [3.05, 3.63) is 70.6 Å². The van der Waals surface area contributed by atoms with Crippen LogP contribution >= 0.6 is 0 Å². The van der Waals surface area contributed by atoms with Crippen LogP contribution < -0.4 is 0 Å². The molecule has 0 spiro atoms. The fourth-order valence-electron chi connectivity index (χ4n) is 2.39. The van der Waals surface area contributed by atoms with Crippen molar-refractivity contribution in [2.45, 2.75) is 25.7 Å². The number of rotatable bonds is 0. The molecule has 0 saturated carbocycles. The molecular formula is C24H24O8. The third kappa shape index (κ3) is 6.66. The summed E-state index contributed by atoms with van der Waals surface area (Å²) in [5.41, 5.74) is -2.66. The average Bonchev–Trinajstić information content (AvgIpc) is 2.90. The van der Waals surface area contributed by atoms with Gasteiger partial charge in [-0.3, -0.25) is 0 Å². The highest BCUT2D eigenvalue weighted by molar-refractivity contribution is 5.94. The Morgan fingerprint density at radius 1 is 0.438 bits per heavy atom. The molecule has 8 heteroatoms. The van der Waals surface area contributed by atoms with Gasteiger partial charge in [0, 0.05) is 0 Å². The maximum Gasteiger partial charge on any atom is 0.338 e. The molecule has 0 N–H and O–H groups in total. The second kappa shape index (κ2) is 11.6. The highest BCUT2D eigenvalue weighted by atomic mass is 16.5. The zero-order valence-electron chi connectivity index (χ0n) is 24.9. The largest absolute Gasteiger partial charge is 0.462 e. The summed E-state index contributed by atoms with van der Waals surface area (Å²) in [6.45, 7) is -1.01. The van der Waals surface area contributed by atoms with Gasteiger partial charge < -0.3 is 18.9 Å². The van der Waals surface area contributed by atoms with E-state index in [0.717, 1.165) is 0 Å². The molecule has 4 aliphatic heterocycles. The molecule has 168 valence electrons. The predicted molar refractivity (Wildman–Crippen MR) is 112 cm³/mol. The Kier molecular flexibility index (Phi) is 5.24. The van der Waals surface area contributed by atoms with Crippen LogP contribution in [-0.4, -0.2) is 50.3 Å². The van der Waals surface area contributed by atoms with Crippen LogP contribution in [0.15, 0.2) is 48.3 Å². The molecule has 6 rings (SSSR count). The van der Waals surface area contributed by atoms with Crippen molar-refractivity contribution >= 4 is 23.9 Å². The maximum atomic E-state index is 12.5. The molecule has 2 aromatic carbocycles. The Labute approximate surface area is 196 Å². The molecule has 2 aromatic rings. The van der Waals surface area contributed by atoms with Crippen molar-refractivity contribution in [3.63, 3.8) is 0 Å².